The van der Waals surface area contributed by atoms with Crippen LogP contribution in [-0.4, -0.2) is 35.8 Å². The number of aromatic nitrogens is 6. The van der Waals surface area contributed by atoms with E-state index in [1.165, 1.54) is 13.3 Å². The summed E-state index contributed by atoms with van der Waals surface area (Å²) in [5.41, 5.74) is 4.92. The first-order valence-electron chi connectivity index (χ1n) is 5.82. The average Bonchev–Trinajstić information content (AvgIpc) is 3.03. The van der Waals surface area contributed by atoms with Gasteiger partial charge < -0.3 is 19.0 Å². The van der Waals surface area contributed by atoms with E-state index in [2.05, 4.69) is 36.2 Å². The number of aryl methyl sites for hydroxylation is 3. The number of aromatic amines is 1. The van der Waals surface area contributed by atoms with Crippen molar-refractivity contribution < 1.29 is 152 Å². The minimum atomic E-state index is 0. The van der Waals surface area contributed by atoms with Crippen LogP contribution in [0.15, 0.2) is 17.8 Å². The molecule has 0 spiro atoms. The van der Waals surface area contributed by atoms with Gasteiger partial charge in [0.25, 0.3) is 0 Å². The van der Waals surface area contributed by atoms with Crippen LogP contribution in [0.4, 0.5) is 0 Å². The Bertz CT molecular complexity index is 524. The van der Waals surface area contributed by atoms with Crippen LogP contribution in [0, 0.1) is 32.6 Å². The van der Waals surface area contributed by atoms with Crippen LogP contribution in [-0.2, 0) is 159 Å². The molecule has 0 saturated heterocycles. The van der Waals surface area contributed by atoms with E-state index in [4.69, 9.17) is 11.0 Å². The van der Waals surface area contributed by atoms with Crippen molar-refractivity contribution in [2.45, 2.75) is 42.5 Å². The van der Waals surface area contributed by atoms with Gasteiger partial charge in [0.15, 0.2) is 0 Å². The van der Waals surface area contributed by atoms with Crippen LogP contribution in [0.1, 0.15) is 40.3 Å². The molecule has 0 aliphatic heterocycles. The molecule has 0 fully saturated rings. The minimum Gasteiger partial charge on any atom is -0.386 e. The summed E-state index contributed by atoms with van der Waals surface area (Å²) in [6, 6.07) is 1.75. The SMILES string of the molecule is C.C.C/C(N)=N/N.CC#N.Cc1ncn(C)n1.Cc1ncn[nH]1.[CH3-].[W].[Y].[Y].[Y].[Y]. The maximum atomic E-state index is 7.32. The monoisotopic (exact) mass is 881 g/mol. The van der Waals surface area contributed by atoms with Crippen LogP contribution in [0.3, 0.4) is 0 Å². The molecule has 2 rings (SSSR count). The summed E-state index contributed by atoms with van der Waals surface area (Å²) in [5, 5.41) is 20.5. The normalized spacial score (nSPS) is 6.41. The van der Waals surface area contributed by atoms with E-state index in [9.17, 15) is 0 Å². The molecule has 4 radical (unpaired) electrons. The maximum absolute atomic E-state index is 7.32. The van der Waals surface area contributed by atoms with Gasteiger partial charge in [-0.25, -0.2) is 9.97 Å². The van der Waals surface area contributed by atoms with Crippen molar-refractivity contribution in [3.8, 4) is 6.07 Å². The smallest absolute Gasteiger partial charge is 0.147 e. The van der Waals surface area contributed by atoms with E-state index in [1.807, 2.05) is 20.9 Å². The van der Waals surface area contributed by atoms with E-state index in [0.29, 0.717) is 5.84 Å². The Morgan fingerprint density at radius 1 is 1.17 bits per heavy atom. The number of rotatable bonds is 0. The second-order valence-corrected chi connectivity index (χ2v) is 3.53. The van der Waals surface area contributed by atoms with E-state index in [-0.39, 0.29) is 174 Å². The Labute approximate surface area is 291 Å². The molecule has 29 heavy (non-hydrogen) atoms. The van der Waals surface area contributed by atoms with E-state index < -0.39 is 0 Å². The Hall–Kier alpha value is 2.14. The Morgan fingerprint density at radius 2 is 1.55 bits per heavy atom. The number of hydrogen-bond acceptors (Lipinski definition) is 7. The third-order valence-electron chi connectivity index (χ3n) is 1.45. The Balaban J connectivity index is -0.0000000195. The first-order chi connectivity index (χ1) is 9.87. The first kappa shape index (κ1) is 63.3. The van der Waals surface area contributed by atoms with E-state index >= 15 is 0 Å². The second-order valence-electron chi connectivity index (χ2n) is 3.53. The van der Waals surface area contributed by atoms with Crippen LogP contribution < -0.4 is 11.6 Å². The molecule has 2 aromatic heterocycles. The third-order valence-corrected chi connectivity index (χ3v) is 1.45. The fourth-order valence-electron chi connectivity index (χ4n) is 0.714. The number of amidine groups is 1. The van der Waals surface area contributed by atoms with Crippen LogP contribution in [0.2, 0.25) is 0 Å². The molecule has 0 aliphatic rings. The molecule has 0 bridgehead atoms. The molecular weight excluding hydrogens is 848 g/mol. The zero-order valence-corrected chi connectivity index (χ0v) is 30.9. The van der Waals surface area contributed by atoms with Crippen molar-refractivity contribution >= 4 is 5.84 Å². The third kappa shape index (κ3) is 58.8. The second kappa shape index (κ2) is 47.8. The molecule has 158 valence electrons. The summed E-state index contributed by atoms with van der Waals surface area (Å²) in [6.07, 6.45) is 3.16. The fourth-order valence-corrected chi connectivity index (χ4v) is 0.714. The van der Waals surface area contributed by atoms with Crippen molar-refractivity contribution in [2.75, 3.05) is 0 Å². The maximum Gasteiger partial charge on any atom is 0.147 e. The van der Waals surface area contributed by atoms with Gasteiger partial charge in [-0.2, -0.15) is 20.6 Å². The Morgan fingerprint density at radius 3 is 1.62 bits per heavy atom. The van der Waals surface area contributed by atoms with Crippen molar-refractivity contribution in [1.82, 2.24) is 29.9 Å². The quantitative estimate of drug-likeness (QED) is 0.120. The molecule has 0 aromatic carbocycles. The number of nitrogens with zero attached hydrogens (tertiary/aromatic N) is 7. The van der Waals surface area contributed by atoms with Gasteiger partial charge in [0, 0.05) is 166 Å². The summed E-state index contributed by atoms with van der Waals surface area (Å²) in [4.78, 5) is 7.62. The van der Waals surface area contributed by atoms with Crippen molar-refractivity contribution in [1.29, 1.82) is 5.26 Å². The molecule has 2 heterocycles. The van der Waals surface area contributed by atoms with E-state index in [0.717, 1.165) is 11.6 Å². The summed E-state index contributed by atoms with van der Waals surface area (Å²) in [7, 11) is 1.85. The minimum absolute atomic E-state index is 0. The summed E-state index contributed by atoms with van der Waals surface area (Å²) >= 11 is 0. The van der Waals surface area contributed by atoms with Gasteiger partial charge in [0.05, 0.1) is 6.07 Å². The standard InChI is InChI=1S/C4H7N3.C3H5N3.C2H7N3.C2H3N.2CH4.CH3.W.4Y/c1-4-5-3-7(2)6-4;1-3-4-2-5-6-3;1-2(3)5-4;1-2-3;;;;;;;;/h3H,1-2H3;2H,1H3,(H,4,5,6);4H2,1H3,(H2,3,5);1H3;2*1H4;1H3;;;;;/q;;;;;;-1;;;;;. The number of nitrogens with two attached hydrogens (primary N) is 2. The predicted octanol–water partition coefficient (Wildman–Crippen LogP) is 1.71. The molecule has 0 amide bonds. The molecule has 0 unspecified atom stereocenters. The number of hydrogen-bond donors (Lipinski definition) is 3. The largest absolute Gasteiger partial charge is 0.386 e. The van der Waals surface area contributed by atoms with Gasteiger partial charge in [-0.05, 0) is 20.8 Å². The van der Waals surface area contributed by atoms with Gasteiger partial charge in [-0.15, -0.1) is 0 Å². The molecule has 0 aliphatic carbocycles. The zero-order chi connectivity index (χ0) is 16.7. The molecular formula is C14H33N10WY4-. The zero-order valence-electron chi connectivity index (χ0n) is 16.7. The van der Waals surface area contributed by atoms with Crippen LogP contribution in [0.5, 0.6) is 0 Å². The topological polar surface area (TPSA) is 160 Å². The first-order valence-corrected chi connectivity index (χ1v) is 5.82. The summed E-state index contributed by atoms with van der Waals surface area (Å²) < 4.78 is 1.68. The Kier molecular flexibility index (Phi) is 104. The fraction of sp³-hybridized carbons (Fsp3) is 0.500. The van der Waals surface area contributed by atoms with Crippen molar-refractivity contribution in [2.24, 2.45) is 23.7 Å². The summed E-state index contributed by atoms with van der Waals surface area (Å²) in [5.74, 6) is 6.72. The van der Waals surface area contributed by atoms with Crippen molar-refractivity contribution in [3.05, 3.63) is 31.7 Å². The van der Waals surface area contributed by atoms with Gasteiger partial charge in [0.2, 0.25) is 0 Å². The number of H-pyrrole nitrogens is 1. The van der Waals surface area contributed by atoms with Crippen LogP contribution in [0.25, 0.3) is 0 Å². The molecule has 5 N–H and O–H groups in total. The van der Waals surface area contributed by atoms with Gasteiger partial charge in [-0.1, -0.05) is 14.9 Å². The van der Waals surface area contributed by atoms with E-state index in [1.54, 1.807) is 24.0 Å². The predicted molar refractivity (Wildman–Crippen MR) is 99.5 cm³/mol. The van der Waals surface area contributed by atoms with Crippen LogP contribution >= 0.6 is 0 Å². The average molecular weight is 881 g/mol. The van der Waals surface area contributed by atoms with Crippen molar-refractivity contribution in [3.63, 3.8) is 0 Å². The molecule has 0 saturated carbocycles. The number of nitrogens with one attached hydrogen (secondary N) is 1. The van der Waals surface area contributed by atoms with Gasteiger partial charge >= 0.3 is 0 Å². The van der Waals surface area contributed by atoms with Gasteiger partial charge in [0.1, 0.15) is 30.1 Å². The molecule has 0 atom stereocenters. The molecule has 2 aromatic rings. The molecule has 15 heteroatoms. The summed E-state index contributed by atoms with van der Waals surface area (Å²) in [6.45, 7) is 6.77. The number of hydrazone groups is 1. The number of nitriles is 1. The van der Waals surface area contributed by atoms with Gasteiger partial charge in [-0.3, -0.25) is 9.78 Å². The molecule has 10 nitrogen and oxygen atoms in total.